The van der Waals surface area contributed by atoms with Crippen molar-refractivity contribution in [2.45, 2.75) is 12.2 Å². The number of H-pyrrole nitrogens is 1. The van der Waals surface area contributed by atoms with Gasteiger partial charge in [-0.15, -0.1) is 11.3 Å². The Morgan fingerprint density at radius 1 is 1.33 bits per heavy atom. The summed E-state index contributed by atoms with van der Waals surface area (Å²) in [5.74, 6) is 2.55. The molecule has 0 amide bonds. The summed E-state index contributed by atoms with van der Waals surface area (Å²) >= 11 is 3.10. The molecule has 6 N–H and O–H groups in total. The van der Waals surface area contributed by atoms with Crippen molar-refractivity contribution in [3.05, 3.63) is 57.1 Å². The van der Waals surface area contributed by atoms with Gasteiger partial charge in [-0.3, -0.25) is 9.78 Å². The summed E-state index contributed by atoms with van der Waals surface area (Å²) in [6.45, 7) is 0.653. The van der Waals surface area contributed by atoms with E-state index in [2.05, 4.69) is 30.2 Å². The molecule has 0 aliphatic heterocycles. The van der Waals surface area contributed by atoms with Gasteiger partial charge in [-0.1, -0.05) is 6.07 Å². The second-order valence-electron chi connectivity index (χ2n) is 6.11. The molecule has 3 rings (SSSR count). The Morgan fingerprint density at radius 2 is 2.20 bits per heavy atom. The zero-order valence-electron chi connectivity index (χ0n) is 16.3. The molecule has 0 bridgehead atoms. The minimum Gasteiger partial charge on any atom is -0.481 e. The number of pyridine rings is 1. The molecule has 3 heterocycles. The minimum absolute atomic E-state index is 0.000861. The molecule has 0 aliphatic rings. The minimum atomic E-state index is -0.175. The highest BCUT2D eigenvalue weighted by molar-refractivity contribution is 7.98. The number of hydrogen-bond acceptors (Lipinski definition) is 9. The number of aromatic nitrogens is 4. The van der Waals surface area contributed by atoms with Crippen molar-refractivity contribution in [1.29, 1.82) is 0 Å². The average molecular weight is 447 g/mol. The maximum absolute atomic E-state index is 12.3. The molecule has 0 fully saturated rings. The van der Waals surface area contributed by atoms with E-state index < -0.39 is 0 Å². The van der Waals surface area contributed by atoms with Crippen LogP contribution in [0.3, 0.4) is 0 Å². The van der Waals surface area contributed by atoms with Crippen molar-refractivity contribution >= 4 is 40.1 Å². The van der Waals surface area contributed by atoms with Gasteiger partial charge in [-0.2, -0.15) is 16.8 Å². The Bertz CT molecular complexity index is 1040. The van der Waals surface area contributed by atoms with E-state index in [1.54, 1.807) is 37.3 Å². The van der Waals surface area contributed by atoms with Crippen molar-refractivity contribution in [1.82, 2.24) is 19.9 Å². The number of thiazole rings is 1. The van der Waals surface area contributed by atoms with Crippen LogP contribution < -0.4 is 27.1 Å². The third-order valence-electron chi connectivity index (χ3n) is 3.83. The Labute approximate surface area is 181 Å². The van der Waals surface area contributed by atoms with Gasteiger partial charge in [0.05, 0.1) is 12.8 Å². The van der Waals surface area contributed by atoms with Crippen LogP contribution in [-0.2, 0) is 12.2 Å². The number of aromatic amines is 1. The Kier molecular flexibility index (Phi) is 7.63. The van der Waals surface area contributed by atoms with Gasteiger partial charge in [-0.05, 0) is 5.56 Å². The molecule has 0 saturated carbocycles. The third-order valence-corrected chi connectivity index (χ3v) is 5.60. The second-order valence-corrected chi connectivity index (χ2v) is 8.05. The highest BCUT2D eigenvalue weighted by Gasteiger charge is 2.06. The van der Waals surface area contributed by atoms with Gasteiger partial charge in [0.15, 0.2) is 5.96 Å². The van der Waals surface area contributed by atoms with Crippen LogP contribution in [0.4, 0.5) is 11.1 Å². The first-order valence-corrected chi connectivity index (χ1v) is 11.0. The number of nitrogens with two attached hydrogens (primary N) is 2. The van der Waals surface area contributed by atoms with Crippen LogP contribution in [0.1, 0.15) is 16.8 Å². The van der Waals surface area contributed by atoms with Crippen LogP contribution in [0.15, 0.2) is 39.7 Å². The molecule has 30 heavy (non-hydrogen) atoms. The van der Waals surface area contributed by atoms with E-state index in [1.807, 2.05) is 11.4 Å². The fourth-order valence-electron chi connectivity index (χ4n) is 2.44. The lowest BCUT2D eigenvalue weighted by Gasteiger charge is -2.06. The van der Waals surface area contributed by atoms with E-state index in [9.17, 15) is 4.79 Å². The molecule has 0 atom stereocenters. The van der Waals surface area contributed by atoms with E-state index in [-0.39, 0.29) is 11.5 Å². The van der Waals surface area contributed by atoms with Gasteiger partial charge in [0.25, 0.3) is 5.56 Å². The lowest BCUT2D eigenvalue weighted by molar-refractivity contribution is 0.397. The molecular formula is C18H22N8O2S2. The summed E-state index contributed by atoms with van der Waals surface area (Å²) in [7, 11) is 1.56. The number of aliphatic imine (C=N–C) groups is 1. The lowest BCUT2D eigenvalue weighted by Crippen LogP contribution is -2.21. The molecular weight excluding hydrogens is 424 g/mol. The molecule has 10 nitrogen and oxygen atoms in total. The zero-order chi connectivity index (χ0) is 21.3. The predicted molar refractivity (Wildman–Crippen MR) is 121 cm³/mol. The maximum atomic E-state index is 12.3. The molecule has 12 heteroatoms. The van der Waals surface area contributed by atoms with E-state index in [0.717, 1.165) is 22.8 Å². The molecule has 0 spiro atoms. The monoisotopic (exact) mass is 446 g/mol. The summed E-state index contributed by atoms with van der Waals surface area (Å²) in [6, 6.07) is 3.63. The Morgan fingerprint density at radius 3 is 2.90 bits per heavy atom. The topological polar surface area (TPSA) is 157 Å². The number of methoxy groups -OCH3 is 1. The van der Waals surface area contributed by atoms with Gasteiger partial charge in [-0.25, -0.2) is 15.0 Å². The molecule has 0 aliphatic carbocycles. The zero-order valence-corrected chi connectivity index (χ0v) is 17.9. The van der Waals surface area contributed by atoms with Crippen molar-refractivity contribution in [3.8, 4) is 5.88 Å². The lowest BCUT2D eigenvalue weighted by atomic mass is 10.1. The number of hydrogen-bond donors (Lipinski definition) is 4. The van der Waals surface area contributed by atoms with Gasteiger partial charge in [0.2, 0.25) is 17.0 Å². The number of guanidine groups is 1. The number of anilines is 1. The van der Waals surface area contributed by atoms with Crippen molar-refractivity contribution in [2.24, 2.45) is 16.5 Å². The first-order valence-electron chi connectivity index (χ1n) is 8.96. The Balaban J connectivity index is 1.43. The second kappa shape index (κ2) is 10.6. The van der Waals surface area contributed by atoms with Gasteiger partial charge in [0, 0.05) is 53.9 Å². The van der Waals surface area contributed by atoms with Gasteiger partial charge < -0.3 is 21.5 Å². The molecule has 3 aromatic rings. The molecule has 0 radical (unpaired) electrons. The van der Waals surface area contributed by atoms with Gasteiger partial charge in [0.1, 0.15) is 0 Å². The normalized spacial score (nSPS) is 10.6. The van der Waals surface area contributed by atoms with E-state index in [0.29, 0.717) is 35.5 Å². The van der Waals surface area contributed by atoms with Crippen LogP contribution >= 0.6 is 23.1 Å². The summed E-state index contributed by atoms with van der Waals surface area (Å²) in [6.07, 6.45) is 3.72. The first kappa shape index (κ1) is 21.6. The number of nitrogens with one attached hydrogen (secondary N) is 2. The number of ether oxygens (including phenoxy) is 1. The molecule has 0 aromatic carbocycles. The van der Waals surface area contributed by atoms with Crippen LogP contribution in [-0.4, -0.2) is 45.3 Å². The van der Waals surface area contributed by atoms with Crippen LogP contribution in [0, 0.1) is 0 Å². The summed E-state index contributed by atoms with van der Waals surface area (Å²) in [5.41, 5.74) is 12.9. The molecule has 0 saturated heterocycles. The van der Waals surface area contributed by atoms with Crippen LogP contribution in [0.25, 0.3) is 0 Å². The fourth-order valence-corrected chi connectivity index (χ4v) is 3.99. The van der Waals surface area contributed by atoms with Gasteiger partial charge >= 0.3 is 0 Å². The summed E-state index contributed by atoms with van der Waals surface area (Å²) in [5, 5.41) is 5.60. The summed E-state index contributed by atoms with van der Waals surface area (Å²) in [4.78, 5) is 31.7. The van der Waals surface area contributed by atoms with Crippen molar-refractivity contribution in [2.75, 3.05) is 24.7 Å². The van der Waals surface area contributed by atoms with Crippen LogP contribution in [0.2, 0.25) is 0 Å². The quantitative estimate of drug-likeness (QED) is 0.206. The average Bonchev–Trinajstić information content (AvgIpc) is 3.16. The molecule has 3 aromatic heterocycles. The van der Waals surface area contributed by atoms with Crippen molar-refractivity contribution < 1.29 is 4.74 Å². The molecule has 0 unspecified atom stereocenters. The summed E-state index contributed by atoms with van der Waals surface area (Å²) < 4.78 is 5.04. The number of thioether (sulfide) groups is 1. The first-order chi connectivity index (χ1) is 14.5. The third kappa shape index (κ3) is 6.46. The number of rotatable bonds is 10. The SMILES string of the molecule is COc1ccc(Cc2cnc(NCCSCc3csc(N=C(N)N)n3)[nH]c2=O)cn1. The van der Waals surface area contributed by atoms with E-state index >= 15 is 0 Å². The standard InChI is InChI=1S/C18H22N8O2S2/c1-28-14-3-2-11(7-22-14)6-12-8-23-17(25-15(12)27)21-4-5-29-9-13-10-30-18(24-13)26-16(19)20/h2-3,7-8,10H,4-6,9H2,1H3,(H4,19,20,24,26)(H2,21,23,25,27). The largest absolute Gasteiger partial charge is 0.481 e. The van der Waals surface area contributed by atoms with E-state index in [4.69, 9.17) is 16.2 Å². The van der Waals surface area contributed by atoms with Crippen molar-refractivity contribution in [3.63, 3.8) is 0 Å². The smallest absolute Gasteiger partial charge is 0.255 e. The maximum Gasteiger partial charge on any atom is 0.255 e. The predicted octanol–water partition coefficient (Wildman–Crippen LogP) is 1.47. The fraction of sp³-hybridized carbons (Fsp3) is 0.278. The highest BCUT2D eigenvalue weighted by atomic mass is 32.2. The highest BCUT2D eigenvalue weighted by Crippen LogP contribution is 2.21. The Hall–Kier alpha value is -3.12. The van der Waals surface area contributed by atoms with Crippen LogP contribution in [0.5, 0.6) is 5.88 Å². The molecule has 158 valence electrons. The van der Waals surface area contributed by atoms with E-state index in [1.165, 1.54) is 11.3 Å². The number of nitrogens with zero attached hydrogens (tertiary/aromatic N) is 4.